The van der Waals surface area contributed by atoms with Crippen LogP contribution in [-0.2, 0) is 0 Å². The Morgan fingerprint density at radius 3 is 2.44 bits per heavy atom. The molecule has 1 fully saturated rings. The SMILES string of the molecule is CCN1CCN(CC(NC)C(C)C)CC1C. The average molecular weight is 227 g/mol. The molecular weight excluding hydrogens is 198 g/mol. The largest absolute Gasteiger partial charge is 0.315 e. The molecule has 1 heterocycles. The molecule has 0 aromatic heterocycles. The molecule has 1 aliphatic rings. The van der Waals surface area contributed by atoms with Crippen LogP contribution >= 0.6 is 0 Å². The highest BCUT2D eigenvalue weighted by Gasteiger charge is 2.24. The minimum Gasteiger partial charge on any atom is -0.315 e. The molecule has 0 aromatic rings. The summed E-state index contributed by atoms with van der Waals surface area (Å²) in [6.45, 7) is 15.3. The number of hydrogen-bond donors (Lipinski definition) is 1. The first-order valence-electron chi connectivity index (χ1n) is 6.72. The lowest BCUT2D eigenvalue weighted by Gasteiger charge is -2.41. The molecule has 0 amide bonds. The molecule has 3 heteroatoms. The van der Waals surface area contributed by atoms with E-state index in [0.717, 1.165) is 0 Å². The molecule has 0 saturated carbocycles. The summed E-state index contributed by atoms with van der Waals surface area (Å²) >= 11 is 0. The Labute approximate surface area is 101 Å². The minimum atomic E-state index is 0.625. The molecule has 3 nitrogen and oxygen atoms in total. The van der Waals surface area contributed by atoms with Gasteiger partial charge in [0.1, 0.15) is 0 Å². The standard InChI is InChI=1S/C13H29N3/c1-6-16-8-7-15(9-12(16)4)10-13(14-5)11(2)3/h11-14H,6-10H2,1-5H3. The van der Waals surface area contributed by atoms with Gasteiger partial charge in [0.25, 0.3) is 0 Å². The van der Waals surface area contributed by atoms with E-state index in [1.165, 1.54) is 32.7 Å². The Morgan fingerprint density at radius 1 is 1.31 bits per heavy atom. The van der Waals surface area contributed by atoms with Crippen LogP contribution in [0.5, 0.6) is 0 Å². The van der Waals surface area contributed by atoms with Gasteiger partial charge in [-0.2, -0.15) is 0 Å². The van der Waals surface area contributed by atoms with E-state index in [2.05, 4.69) is 49.9 Å². The Bertz CT molecular complexity index is 194. The van der Waals surface area contributed by atoms with Gasteiger partial charge in [-0.1, -0.05) is 20.8 Å². The van der Waals surface area contributed by atoms with Crippen molar-refractivity contribution in [2.45, 2.75) is 39.8 Å². The Balaban J connectivity index is 2.39. The van der Waals surface area contributed by atoms with E-state index in [4.69, 9.17) is 0 Å². The second-order valence-corrected chi connectivity index (χ2v) is 5.38. The normalized spacial score (nSPS) is 26.2. The van der Waals surface area contributed by atoms with Crippen molar-refractivity contribution < 1.29 is 0 Å². The van der Waals surface area contributed by atoms with E-state index >= 15 is 0 Å². The number of nitrogens with zero attached hydrogens (tertiary/aromatic N) is 2. The predicted octanol–water partition coefficient (Wildman–Crippen LogP) is 1.26. The quantitative estimate of drug-likeness (QED) is 0.763. The third-order valence-corrected chi connectivity index (χ3v) is 3.89. The topological polar surface area (TPSA) is 18.5 Å². The number of likely N-dealkylation sites (N-methyl/N-ethyl adjacent to an activating group) is 2. The first-order valence-corrected chi connectivity index (χ1v) is 6.72. The lowest BCUT2D eigenvalue weighted by molar-refractivity contribution is 0.0778. The van der Waals surface area contributed by atoms with E-state index in [-0.39, 0.29) is 0 Å². The summed E-state index contributed by atoms with van der Waals surface area (Å²) in [6, 6.07) is 1.34. The minimum absolute atomic E-state index is 0.625. The summed E-state index contributed by atoms with van der Waals surface area (Å²) in [5.74, 6) is 0.713. The molecule has 2 atom stereocenters. The fourth-order valence-electron chi connectivity index (χ4n) is 2.62. The van der Waals surface area contributed by atoms with Gasteiger partial charge in [-0.15, -0.1) is 0 Å². The van der Waals surface area contributed by atoms with Gasteiger partial charge in [0, 0.05) is 38.3 Å². The van der Waals surface area contributed by atoms with Gasteiger partial charge in [-0.25, -0.2) is 0 Å². The van der Waals surface area contributed by atoms with Crippen molar-refractivity contribution in [3.63, 3.8) is 0 Å². The van der Waals surface area contributed by atoms with Crippen molar-refractivity contribution in [2.75, 3.05) is 39.8 Å². The highest BCUT2D eigenvalue weighted by molar-refractivity contribution is 4.82. The van der Waals surface area contributed by atoms with Crippen LogP contribution in [0.4, 0.5) is 0 Å². The predicted molar refractivity (Wildman–Crippen MR) is 70.8 cm³/mol. The van der Waals surface area contributed by atoms with Gasteiger partial charge in [0.2, 0.25) is 0 Å². The average Bonchev–Trinajstić information content (AvgIpc) is 2.25. The molecule has 2 unspecified atom stereocenters. The molecule has 96 valence electrons. The van der Waals surface area contributed by atoms with Crippen molar-refractivity contribution >= 4 is 0 Å². The van der Waals surface area contributed by atoms with E-state index in [0.29, 0.717) is 18.0 Å². The number of piperazine rings is 1. The summed E-state index contributed by atoms with van der Waals surface area (Å²) in [6.07, 6.45) is 0. The molecule has 0 radical (unpaired) electrons. The Hall–Kier alpha value is -0.120. The molecule has 1 rings (SSSR count). The fraction of sp³-hybridized carbons (Fsp3) is 1.00. The van der Waals surface area contributed by atoms with E-state index in [9.17, 15) is 0 Å². The highest BCUT2D eigenvalue weighted by atomic mass is 15.3. The van der Waals surface area contributed by atoms with Gasteiger partial charge in [-0.3, -0.25) is 9.80 Å². The lowest BCUT2D eigenvalue weighted by atomic mass is 10.0. The second kappa shape index (κ2) is 6.58. The molecule has 16 heavy (non-hydrogen) atoms. The Kier molecular flexibility index (Phi) is 5.73. The molecule has 0 spiro atoms. The zero-order valence-electron chi connectivity index (χ0n) is 11.7. The van der Waals surface area contributed by atoms with Gasteiger partial charge >= 0.3 is 0 Å². The van der Waals surface area contributed by atoms with Crippen molar-refractivity contribution in [1.29, 1.82) is 0 Å². The van der Waals surface area contributed by atoms with Crippen molar-refractivity contribution in [3.8, 4) is 0 Å². The monoisotopic (exact) mass is 227 g/mol. The highest BCUT2D eigenvalue weighted by Crippen LogP contribution is 2.11. The number of nitrogens with one attached hydrogen (secondary N) is 1. The molecule has 1 N–H and O–H groups in total. The Morgan fingerprint density at radius 2 is 2.00 bits per heavy atom. The van der Waals surface area contributed by atoms with E-state index < -0.39 is 0 Å². The second-order valence-electron chi connectivity index (χ2n) is 5.38. The zero-order valence-corrected chi connectivity index (χ0v) is 11.7. The molecular formula is C13H29N3. The van der Waals surface area contributed by atoms with Crippen molar-refractivity contribution in [3.05, 3.63) is 0 Å². The van der Waals surface area contributed by atoms with Gasteiger partial charge in [0.15, 0.2) is 0 Å². The zero-order chi connectivity index (χ0) is 12.1. The number of hydrogen-bond acceptors (Lipinski definition) is 3. The maximum atomic E-state index is 3.43. The van der Waals surface area contributed by atoms with Crippen molar-refractivity contribution in [2.24, 2.45) is 5.92 Å². The van der Waals surface area contributed by atoms with Crippen LogP contribution in [-0.4, -0.2) is 61.7 Å². The van der Waals surface area contributed by atoms with Gasteiger partial charge in [0.05, 0.1) is 0 Å². The fourth-order valence-corrected chi connectivity index (χ4v) is 2.62. The first kappa shape index (κ1) is 13.9. The maximum absolute atomic E-state index is 3.43. The first-order chi connectivity index (χ1) is 7.58. The molecule has 0 aromatic carbocycles. The van der Waals surface area contributed by atoms with Crippen molar-refractivity contribution in [1.82, 2.24) is 15.1 Å². The van der Waals surface area contributed by atoms with Crippen LogP contribution in [0.2, 0.25) is 0 Å². The van der Waals surface area contributed by atoms with Crippen LogP contribution in [0.25, 0.3) is 0 Å². The molecule has 1 saturated heterocycles. The summed E-state index contributed by atoms with van der Waals surface area (Å²) in [4.78, 5) is 5.18. The van der Waals surface area contributed by atoms with Crippen LogP contribution in [0.1, 0.15) is 27.7 Å². The summed E-state index contributed by atoms with van der Waals surface area (Å²) in [5.41, 5.74) is 0. The van der Waals surface area contributed by atoms with E-state index in [1.807, 2.05) is 0 Å². The smallest absolute Gasteiger partial charge is 0.0214 e. The lowest BCUT2D eigenvalue weighted by Crippen LogP contribution is -2.54. The third-order valence-electron chi connectivity index (χ3n) is 3.89. The van der Waals surface area contributed by atoms with Crippen LogP contribution in [0.3, 0.4) is 0 Å². The van der Waals surface area contributed by atoms with Crippen LogP contribution in [0, 0.1) is 5.92 Å². The van der Waals surface area contributed by atoms with E-state index in [1.54, 1.807) is 0 Å². The molecule has 0 aliphatic carbocycles. The molecule has 0 bridgehead atoms. The summed E-state index contributed by atoms with van der Waals surface area (Å²) in [5, 5.41) is 3.43. The summed E-state index contributed by atoms with van der Waals surface area (Å²) < 4.78 is 0. The van der Waals surface area contributed by atoms with Gasteiger partial charge < -0.3 is 5.32 Å². The van der Waals surface area contributed by atoms with Crippen LogP contribution < -0.4 is 5.32 Å². The maximum Gasteiger partial charge on any atom is 0.0214 e. The third kappa shape index (κ3) is 3.72. The van der Waals surface area contributed by atoms with Gasteiger partial charge in [-0.05, 0) is 26.4 Å². The molecule has 1 aliphatic heterocycles. The summed E-state index contributed by atoms with van der Waals surface area (Å²) in [7, 11) is 2.08. The number of rotatable bonds is 5. The van der Waals surface area contributed by atoms with Crippen LogP contribution in [0.15, 0.2) is 0 Å².